The average molecular weight is 321 g/mol. The minimum Gasteiger partial charge on any atom is -0.387 e. The van der Waals surface area contributed by atoms with Crippen LogP contribution in [0, 0.1) is 17.2 Å². The van der Waals surface area contributed by atoms with Gasteiger partial charge in [0.15, 0.2) is 0 Å². The van der Waals surface area contributed by atoms with Crippen molar-refractivity contribution < 1.29 is 9.53 Å². The van der Waals surface area contributed by atoms with Crippen molar-refractivity contribution >= 4 is 5.91 Å². The molecule has 0 aromatic rings. The van der Waals surface area contributed by atoms with E-state index in [2.05, 4.69) is 24.5 Å². The SMILES string of the molecule is CCCCOCCCNC(=O)/C(C#N)=C\NC1CCCCC1C. The van der Waals surface area contributed by atoms with Crippen LogP contribution in [0.15, 0.2) is 11.8 Å². The van der Waals surface area contributed by atoms with E-state index in [9.17, 15) is 4.79 Å². The summed E-state index contributed by atoms with van der Waals surface area (Å²) in [6.45, 7) is 6.29. The third-order valence-corrected chi connectivity index (χ3v) is 4.31. The lowest BCUT2D eigenvalue weighted by Crippen LogP contribution is -2.35. The summed E-state index contributed by atoms with van der Waals surface area (Å²) in [6, 6.07) is 2.35. The largest absolute Gasteiger partial charge is 0.387 e. The summed E-state index contributed by atoms with van der Waals surface area (Å²) in [5.74, 6) is 0.278. The first-order valence-corrected chi connectivity index (χ1v) is 8.91. The second-order valence-corrected chi connectivity index (χ2v) is 6.28. The zero-order valence-corrected chi connectivity index (χ0v) is 14.6. The van der Waals surface area contributed by atoms with Crippen LogP contribution in [0.3, 0.4) is 0 Å². The van der Waals surface area contributed by atoms with Gasteiger partial charge in [-0.1, -0.05) is 33.1 Å². The molecular weight excluding hydrogens is 290 g/mol. The third kappa shape index (κ3) is 8.03. The lowest BCUT2D eigenvalue weighted by molar-refractivity contribution is -0.117. The van der Waals surface area contributed by atoms with Crippen molar-refractivity contribution in [3.05, 3.63) is 11.8 Å². The molecule has 0 saturated heterocycles. The van der Waals surface area contributed by atoms with Gasteiger partial charge in [-0.2, -0.15) is 5.26 Å². The number of nitrogens with one attached hydrogen (secondary N) is 2. The van der Waals surface area contributed by atoms with E-state index in [4.69, 9.17) is 10.00 Å². The number of hydrogen-bond donors (Lipinski definition) is 2. The van der Waals surface area contributed by atoms with Crippen LogP contribution in [-0.4, -0.2) is 31.7 Å². The summed E-state index contributed by atoms with van der Waals surface area (Å²) in [6.07, 6.45) is 9.33. The average Bonchev–Trinajstić information content (AvgIpc) is 2.56. The molecule has 0 bridgehead atoms. The van der Waals surface area contributed by atoms with Gasteiger partial charge in [-0.15, -0.1) is 0 Å². The molecule has 0 spiro atoms. The number of amides is 1. The van der Waals surface area contributed by atoms with E-state index in [-0.39, 0.29) is 11.5 Å². The molecule has 1 aliphatic carbocycles. The third-order valence-electron chi connectivity index (χ3n) is 4.31. The van der Waals surface area contributed by atoms with E-state index in [0.29, 0.717) is 25.1 Å². The summed E-state index contributed by atoms with van der Waals surface area (Å²) in [7, 11) is 0. The van der Waals surface area contributed by atoms with Gasteiger partial charge in [-0.25, -0.2) is 0 Å². The Morgan fingerprint density at radius 1 is 1.30 bits per heavy atom. The first-order valence-electron chi connectivity index (χ1n) is 8.91. The Balaban J connectivity index is 2.25. The van der Waals surface area contributed by atoms with Gasteiger partial charge in [-0.3, -0.25) is 4.79 Å². The number of unbranched alkanes of at least 4 members (excludes halogenated alkanes) is 1. The van der Waals surface area contributed by atoms with Crippen molar-refractivity contribution in [3.63, 3.8) is 0 Å². The molecule has 0 heterocycles. The van der Waals surface area contributed by atoms with Gasteiger partial charge in [0.2, 0.25) is 0 Å². The number of nitrogens with zero attached hydrogens (tertiary/aromatic N) is 1. The van der Waals surface area contributed by atoms with Gasteiger partial charge in [0.1, 0.15) is 11.6 Å². The molecule has 130 valence electrons. The normalized spacial score (nSPS) is 21.5. The van der Waals surface area contributed by atoms with Crippen LogP contribution in [0.25, 0.3) is 0 Å². The van der Waals surface area contributed by atoms with E-state index in [1.807, 2.05) is 6.07 Å². The highest BCUT2D eigenvalue weighted by molar-refractivity contribution is 5.97. The smallest absolute Gasteiger partial charge is 0.263 e. The van der Waals surface area contributed by atoms with Gasteiger partial charge >= 0.3 is 0 Å². The van der Waals surface area contributed by atoms with Crippen molar-refractivity contribution in [1.82, 2.24) is 10.6 Å². The molecule has 1 saturated carbocycles. The van der Waals surface area contributed by atoms with E-state index in [1.54, 1.807) is 6.20 Å². The molecule has 1 rings (SSSR count). The number of rotatable bonds is 10. The minimum absolute atomic E-state index is 0.148. The molecule has 0 aliphatic heterocycles. The maximum Gasteiger partial charge on any atom is 0.263 e. The molecule has 0 aromatic heterocycles. The molecule has 1 fully saturated rings. The van der Waals surface area contributed by atoms with Crippen LogP contribution in [0.1, 0.15) is 58.8 Å². The second-order valence-electron chi connectivity index (χ2n) is 6.28. The molecule has 1 aliphatic rings. The Bertz CT molecular complexity index is 415. The highest BCUT2D eigenvalue weighted by Gasteiger charge is 2.20. The lowest BCUT2D eigenvalue weighted by Gasteiger charge is -2.29. The summed E-state index contributed by atoms with van der Waals surface area (Å²) in [5, 5.41) is 15.2. The lowest BCUT2D eigenvalue weighted by atomic mass is 9.86. The molecule has 0 radical (unpaired) electrons. The molecule has 0 aromatic carbocycles. The second kappa shape index (κ2) is 12.0. The number of nitriles is 1. The maximum atomic E-state index is 12.0. The number of hydrogen-bond acceptors (Lipinski definition) is 4. The Hall–Kier alpha value is -1.54. The zero-order valence-electron chi connectivity index (χ0n) is 14.6. The number of carbonyl (C=O) groups is 1. The van der Waals surface area contributed by atoms with Crippen molar-refractivity contribution in [2.75, 3.05) is 19.8 Å². The van der Waals surface area contributed by atoms with Crippen molar-refractivity contribution in [2.24, 2.45) is 5.92 Å². The van der Waals surface area contributed by atoms with Gasteiger partial charge < -0.3 is 15.4 Å². The quantitative estimate of drug-likeness (QED) is 0.368. The van der Waals surface area contributed by atoms with Crippen LogP contribution in [0.2, 0.25) is 0 Å². The fourth-order valence-corrected chi connectivity index (χ4v) is 2.72. The molecule has 2 unspecified atom stereocenters. The van der Waals surface area contributed by atoms with Crippen molar-refractivity contribution in [1.29, 1.82) is 5.26 Å². The zero-order chi connectivity index (χ0) is 16.9. The molecule has 5 nitrogen and oxygen atoms in total. The molecule has 5 heteroatoms. The number of carbonyl (C=O) groups excluding carboxylic acids is 1. The van der Waals surface area contributed by atoms with Gasteiger partial charge in [0.05, 0.1) is 0 Å². The van der Waals surface area contributed by atoms with E-state index >= 15 is 0 Å². The van der Waals surface area contributed by atoms with Crippen molar-refractivity contribution in [3.8, 4) is 6.07 Å². The van der Waals surface area contributed by atoms with E-state index < -0.39 is 0 Å². The number of ether oxygens (including phenoxy) is 1. The molecule has 23 heavy (non-hydrogen) atoms. The molecule has 2 atom stereocenters. The summed E-state index contributed by atoms with van der Waals surface area (Å²) in [5.41, 5.74) is 0.148. The topological polar surface area (TPSA) is 74.1 Å². The standard InChI is InChI=1S/C18H31N3O2/c1-3-4-11-23-12-7-10-20-18(22)16(13-19)14-21-17-9-6-5-8-15(17)2/h14-15,17,21H,3-12H2,1-2H3,(H,20,22)/b16-14-. The first kappa shape index (κ1) is 19.5. The van der Waals surface area contributed by atoms with Crippen molar-refractivity contribution in [2.45, 2.75) is 64.8 Å². The van der Waals surface area contributed by atoms with E-state index in [0.717, 1.165) is 32.3 Å². The monoisotopic (exact) mass is 321 g/mol. The Morgan fingerprint density at radius 3 is 2.74 bits per heavy atom. The van der Waals surface area contributed by atoms with Gasteiger partial charge in [0.25, 0.3) is 5.91 Å². The van der Waals surface area contributed by atoms with Crippen LogP contribution >= 0.6 is 0 Å². The summed E-state index contributed by atoms with van der Waals surface area (Å²) >= 11 is 0. The molecular formula is C18H31N3O2. The fraction of sp³-hybridized carbons (Fsp3) is 0.778. The van der Waals surface area contributed by atoms with Crippen LogP contribution in [0.5, 0.6) is 0 Å². The Morgan fingerprint density at radius 2 is 2.04 bits per heavy atom. The van der Waals surface area contributed by atoms with Gasteiger partial charge in [-0.05, 0) is 31.6 Å². The summed E-state index contributed by atoms with van der Waals surface area (Å²) in [4.78, 5) is 12.0. The Kier molecular flexibility index (Phi) is 10.1. The predicted octanol–water partition coefficient (Wildman–Crippen LogP) is 2.89. The van der Waals surface area contributed by atoms with Crippen LogP contribution < -0.4 is 10.6 Å². The minimum atomic E-state index is -0.308. The highest BCUT2D eigenvalue weighted by atomic mass is 16.5. The molecule has 2 N–H and O–H groups in total. The maximum absolute atomic E-state index is 12.0. The first-order chi connectivity index (χ1) is 11.2. The fourth-order valence-electron chi connectivity index (χ4n) is 2.72. The van der Waals surface area contributed by atoms with Crippen LogP contribution in [0.4, 0.5) is 0 Å². The Labute approximate surface area is 140 Å². The molecule has 1 amide bonds. The predicted molar refractivity (Wildman–Crippen MR) is 91.6 cm³/mol. The van der Waals surface area contributed by atoms with Gasteiger partial charge in [0, 0.05) is 32.0 Å². The summed E-state index contributed by atoms with van der Waals surface area (Å²) < 4.78 is 5.44. The highest BCUT2D eigenvalue weighted by Crippen LogP contribution is 2.23. The van der Waals surface area contributed by atoms with Crippen LogP contribution in [-0.2, 0) is 9.53 Å². The van der Waals surface area contributed by atoms with E-state index in [1.165, 1.54) is 19.3 Å².